The van der Waals surface area contributed by atoms with E-state index < -0.39 is 83.9 Å². The minimum Gasteiger partial charge on any atom is -0.366 e. The molecule has 5 heterocycles. The Balaban J connectivity index is 0.805. The molecule has 8 rings (SSSR count). The molecule has 0 spiro atoms. The van der Waals surface area contributed by atoms with Gasteiger partial charge in [0.1, 0.15) is 24.7 Å². The molecule has 0 aliphatic carbocycles. The number of nitrogens with one attached hydrogen (secondary N) is 3. The lowest BCUT2D eigenvalue weighted by Gasteiger charge is -2.38. The fourth-order valence-electron chi connectivity index (χ4n) is 10.8. The Morgan fingerprint density at radius 2 is 1.61 bits per heavy atom. The molecule has 80 heavy (non-hydrogen) atoms. The molecule has 1 unspecified atom stereocenters. The highest BCUT2D eigenvalue weighted by molar-refractivity contribution is 7.52. The van der Waals surface area contributed by atoms with Crippen LogP contribution in [0.4, 0.5) is 8.78 Å². The van der Waals surface area contributed by atoms with E-state index in [9.17, 15) is 61.5 Å². The van der Waals surface area contributed by atoms with Crippen LogP contribution in [-0.4, -0.2) is 129 Å². The van der Waals surface area contributed by atoms with E-state index in [0.29, 0.717) is 36.3 Å². The lowest BCUT2D eigenvalue weighted by molar-refractivity contribution is -0.147. The Morgan fingerprint density at radius 3 is 2.33 bits per heavy atom. The first-order valence-electron chi connectivity index (χ1n) is 27.2. The Kier molecular flexibility index (Phi) is 18.9. The lowest BCUT2D eigenvalue weighted by Crippen LogP contribution is -2.58. The zero-order valence-corrected chi connectivity index (χ0v) is 46.7. The number of hydrogen-bond donors (Lipinski definition) is 5. The van der Waals surface area contributed by atoms with Crippen molar-refractivity contribution in [1.82, 2.24) is 30.7 Å². The number of alkyl halides is 2. The van der Waals surface area contributed by atoms with Crippen molar-refractivity contribution >= 4 is 76.3 Å². The van der Waals surface area contributed by atoms with Gasteiger partial charge in [-0.2, -0.15) is 8.78 Å². The van der Waals surface area contributed by atoms with Crippen LogP contribution in [0.25, 0.3) is 10.1 Å². The molecule has 0 saturated carbocycles. The van der Waals surface area contributed by atoms with E-state index in [1.54, 1.807) is 37.8 Å². The van der Waals surface area contributed by atoms with Crippen molar-refractivity contribution in [2.24, 2.45) is 5.41 Å². The number of carbonyl (C=O) groups excluding carboxylic acids is 8. The molecule has 18 nitrogen and oxygen atoms in total. The average molecular weight is 1140 g/mol. The summed E-state index contributed by atoms with van der Waals surface area (Å²) in [6, 6.07) is 16.0. The second-order valence-electron chi connectivity index (χ2n) is 22.0. The fraction of sp³-hybridized carbons (Fsp3) is 0.483. The van der Waals surface area contributed by atoms with Crippen molar-refractivity contribution in [3.05, 3.63) is 105 Å². The van der Waals surface area contributed by atoms with Crippen LogP contribution in [0.15, 0.2) is 72.8 Å². The molecular formula is C58H67F2N6O12PS. The monoisotopic (exact) mass is 1140 g/mol. The average Bonchev–Trinajstić information content (AvgIpc) is 4.21. The third kappa shape index (κ3) is 13.7. The first-order chi connectivity index (χ1) is 38.0. The number of piperidine rings is 2. The Hall–Kier alpha value is -6.69. The minimum absolute atomic E-state index is 0.0298. The van der Waals surface area contributed by atoms with E-state index in [2.05, 4.69) is 27.8 Å². The summed E-state index contributed by atoms with van der Waals surface area (Å²) in [5.41, 5.74) is -4.37. The van der Waals surface area contributed by atoms with Gasteiger partial charge in [-0.05, 0) is 78.8 Å². The topological polar surface area (TPSA) is 249 Å². The summed E-state index contributed by atoms with van der Waals surface area (Å²) in [6.07, 6.45) is 8.13. The summed E-state index contributed by atoms with van der Waals surface area (Å²) < 4.78 is 47.3. The van der Waals surface area contributed by atoms with Crippen LogP contribution in [-0.2, 0) is 38.9 Å². The molecule has 3 fully saturated rings. The summed E-state index contributed by atoms with van der Waals surface area (Å²) in [6.45, 7) is 6.32. The SMILES string of the molecule is CC(C)(C)[C@H](NC(=O)c1cc2cc(C(F)(F)P(=O)(O)O)ccc2s1)C(=O)N1C[C@@H](OCC(=O)NCCCCCCCCCC#Cc2cccc3c2C(=O)N(C2CCC(=O)NC2=O)C3=O)C[C@H]1C(=O)N1CCC[C@H](c2ccccc2)C1. The molecule has 3 aromatic carbocycles. The highest BCUT2D eigenvalue weighted by Gasteiger charge is 2.51. The van der Waals surface area contributed by atoms with Gasteiger partial charge in [0.25, 0.3) is 17.7 Å². The first-order valence-corrected chi connectivity index (χ1v) is 29.6. The van der Waals surface area contributed by atoms with Crippen molar-refractivity contribution in [2.75, 3.05) is 32.8 Å². The van der Waals surface area contributed by atoms with Crippen molar-refractivity contribution < 1.29 is 66.2 Å². The second kappa shape index (κ2) is 25.4. The predicted molar refractivity (Wildman–Crippen MR) is 293 cm³/mol. The van der Waals surface area contributed by atoms with Crippen LogP contribution in [0, 0.1) is 17.3 Å². The van der Waals surface area contributed by atoms with Gasteiger partial charge in [0.05, 0.1) is 22.1 Å². The maximum absolute atomic E-state index is 14.8. The maximum Gasteiger partial charge on any atom is 0.399 e. The quantitative estimate of drug-likeness (QED) is 0.0252. The number of likely N-dealkylation sites (tertiary alicyclic amines) is 2. The van der Waals surface area contributed by atoms with Crippen LogP contribution >= 0.6 is 18.9 Å². The summed E-state index contributed by atoms with van der Waals surface area (Å²) in [5.74, 6) is 2.14. The largest absolute Gasteiger partial charge is 0.399 e. The molecule has 4 aliphatic heterocycles. The van der Waals surface area contributed by atoms with Gasteiger partial charge in [-0.3, -0.25) is 53.1 Å². The number of benzene rings is 3. The van der Waals surface area contributed by atoms with E-state index in [1.165, 1.54) is 23.1 Å². The molecule has 8 amide bonds. The van der Waals surface area contributed by atoms with E-state index in [1.807, 2.05) is 30.3 Å². The summed E-state index contributed by atoms with van der Waals surface area (Å²) in [4.78, 5) is 130. The summed E-state index contributed by atoms with van der Waals surface area (Å²) >= 11 is 0.955. The van der Waals surface area contributed by atoms with Gasteiger partial charge >= 0.3 is 13.3 Å². The molecule has 4 aromatic rings. The normalized spacial score (nSPS) is 20.1. The number of nitrogens with zero attached hydrogens (tertiary/aromatic N) is 3. The van der Waals surface area contributed by atoms with Crippen molar-refractivity contribution in [3.8, 4) is 11.8 Å². The minimum atomic E-state index is -5.85. The number of thiophene rings is 1. The van der Waals surface area contributed by atoms with Crippen LogP contribution in [0.1, 0.15) is 157 Å². The van der Waals surface area contributed by atoms with Crippen molar-refractivity contribution in [3.63, 3.8) is 0 Å². The zero-order valence-electron chi connectivity index (χ0n) is 45.0. The third-order valence-electron chi connectivity index (χ3n) is 15.1. The summed E-state index contributed by atoms with van der Waals surface area (Å²) in [5, 5.41) is 8.09. The van der Waals surface area contributed by atoms with E-state index in [0.717, 1.165) is 91.7 Å². The number of amides is 8. The van der Waals surface area contributed by atoms with Gasteiger partial charge in [-0.15, -0.1) is 11.3 Å². The Labute approximate surface area is 466 Å². The maximum atomic E-state index is 14.8. The van der Waals surface area contributed by atoms with Gasteiger partial charge in [0, 0.05) is 67.2 Å². The van der Waals surface area contributed by atoms with Crippen molar-refractivity contribution in [1.29, 1.82) is 0 Å². The number of carbonyl (C=O) groups is 8. The summed E-state index contributed by atoms with van der Waals surface area (Å²) in [7, 11) is -5.85. The van der Waals surface area contributed by atoms with Gasteiger partial charge in [0.15, 0.2) is 0 Å². The van der Waals surface area contributed by atoms with Gasteiger partial charge in [-0.25, -0.2) is 0 Å². The predicted octanol–water partition coefficient (Wildman–Crippen LogP) is 7.36. The Bertz CT molecular complexity index is 3150. The third-order valence-corrected chi connectivity index (χ3v) is 17.2. The van der Waals surface area contributed by atoms with Crippen LogP contribution in [0.3, 0.4) is 0 Å². The van der Waals surface area contributed by atoms with Gasteiger partial charge in [0.2, 0.25) is 29.5 Å². The fourth-order valence-corrected chi connectivity index (χ4v) is 12.2. The molecule has 426 valence electrons. The van der Waals surface area contributed by atoms with E-state index in [4.69, 9.17) is 4.74 Å². The van der Waals surface area contributed by atoms with E-state index in [-0.39, 0.29) is 71.5 Å². The number of rotatable bonds is 20. The lowest BCUT2D eigenvalue weighted by atomic mass is 9.85. The number of imide groups is 2. The molecule has 22 heteroatoms. The molecule has 1 aromatic heterocycles. The number of hydrogen-bond acceptors (Lipinski definition) is 11. The van der Waals surface area contributed by atoms with Gasteiger partial charge < -0.3 is 35.0 Å². The number of fused-ring (bicyclic) bond motifs is 2. The molecule has 5 N–H and O–H groups in total. The number of ether oxygens (including phenoxy) is 1. The smallest absolute Gasteiger partial charge is 0.366 e. The molecule has 4 aliphatic rings. The standard InChI is InChI=1S/C58H67F2N6O12PS/c1-57(2,3)50(63-52(70)46-31-39-30-40(24-26-45(39)80-46)58(59,60)79(75,76)77)56(74)65-34-41(32-44(65)54(72)64-29-17-22-38(33-64)36-18-13-11-14-19-36)78-35-48(68)61-28-15-10-8-6-4-5-7-9-12-20-37-21-16-23-42-49(37)55(73)66(53(42)71)43-25-27-47(67)62-51(43)69/h11,13-14,16,18-19,21,23-24,26,30-31,38,41,43-44,50H,4-10,15,17,22,25,27-29,32-35H2,1-3H3,(H,61,68)(H,63,70)(H,62,67,69)(H2,75,76,77)/t38-,41-,43?,44-,50+/m0/s1. The van der Waals surface area contributed by atoms with E-state index >= 15 is 0 Å². The first kappa shape index (κ1) is 59.4. The highest BCUT2D eigenvalue weighted by atomic mass is 32.1. The number of unbranched alkanes of at least 4 members (excludes halogenated alkanes) is 7. The number of halogens is 2. The molecule has 0 bridgehead atoms. The van der Waals surface area contributed by atoms with Crippen LogP contribution < -0.4 is 16.0 Å². The second-order valence-corrected chi connectivity index (χ2v) is 24.7. The van der Waals surface area contributed by atoms with Crippen LogP contribution in [0.2, 0.25) is 0 Å². The zero-order chi connectivity index (χ0) is 57.5. The van der Waals surface area contributed by atoms with Gasteiger partial charge in [-0.1, -0.05) is 107 Å². The molecule has 3 saturated heterocycles. The van der Waals surface area contributed by atoms with Crippen LogP contribution in [0.5, 0.6) is 0 Å². The highest BCUT2D eigenvalue weighted by Crippen LogP contribution is 2.59. The molecule has 0 radical (unpaired) electrons. The Morgan fingerprint density at radius 1 is 0.887 bits per heavy atom. The molecular weight excluding hydrogens is 1070 g/mol. The van der Waals surface area contributed by atoms with Crippen molar-refractivity contribution in [2.45, 2.75) is 140 Å². The molecule has 5 atom stereocenters.